The van der Waals surface area contributed by atoms with E-state index in [1.807, 2.05) is 25.1 Å². The van der Waals surface area contributed by atoms with E-state index >= 15 is 0 Å². The minimum absolute atomic E-state index is 0. The van der Waals surface area contributed by atoms with Gasteiger partial charge in [-0.05, 0) is 23.3 Å². The molecule has 22 heavy (non-hydrogen) atoms. The first-order valence-electron chi connectivity index (χ1n) is 7.36. The zero-order valence-corrected chi connectivity index (χ0v) is 13.4. The summed E-state index contributed by atoms with van der Waals surface area (Å²) in [6.45, 7) is 3.98. The molecule has 2 N–H and O–H groups in total. The third-order valence-corrected chi connectivity index (χ3v) is 3.87. The number of hydrogen-bond donors (Lipinski definition) is 2. The van der Waals surface area contributed by atoms with E-state index < -0.39 is 6.10 Å². The Kier molecular flexibility index (Phi) is 5.77. The second-order valence-corrected chi connectivity index (χ2v) is 5.36. The van der Waals surface area contributed by atoms with Gasteiger partial charge in [-0.2, -0.15) is 0 Å². The van der Waals surface area contributed by atoms with Crippen LogP contribution in [0.5, 0.6) is 0 Å². The number of morpholine rings is 1. The van der Waals surface area contributed by atoms with E-state index in [2.05, 4.69) is 34.9 Å². The smallest absolute Gasteiger partial charge is 0.250 e. The molecular weight excluding hydrogens is 300 g/mol. The molecule has 0 bridgehead atoms. The van der Waals surface area contributed by atoms with E-state index in [-0.39, 0.29) is 24.4 Å². The van der Waals surface area contributed by atoms with Crippen molar-refractivity contribution in [3.63, 3.8) is 0 Å². The van der Waals surface area contributed by atoms with Crippen LogP contribution in [0.2, 0.25) is 0 Å². The van der Waals surface area contributed by atoms with E-state index in [4.69, 9.17) is 4.74 Å². The van der Waals surface area contributed by atoms with Crippen molar-refractivity contribution in [2.24, 2.45) is 0 Å². The zero-order chi connectivity index (χ0) is 14.7. The van der Waals surface area contributed by atoms with Gasteiger partial charge in [-0.3, -0.25) is 4.79 Å². The average molecular weight is 321 g/mol. The molecule has 2 aromatic carbocycles. The summed E-state index contributed by atoms with van der Waals surface area (Å²) in [6, 6.07) is 14.3. The fourth-order valence-electron chi connectivity index (χ4n) is 2.75. The van der Waals surface area contributed by atoms with Crippen LogP contribution in [0.4, 0.5) is 0 Å². The van der Waals surface area contributed by atoms with Crippen LogP contribution >= 0.6 is 12.4 Å². The van der Waals surface area contributed by atoms with Crippen LogP contribution in [0.3, 0.4) is 0 Å². The highest BCUT2D eigenvalue weighted by molar-refractivity contribution is 5.87. The van der Waals surface area contributed by atoms with Gasteiger partial charge in [0.05, 0.1) is 12.6 Å². The molecule has 0 spiro atoms. The number of carbonyl (C=O) groups excluding carboxylic acids is 1. The summed E-state index contributed by atoms with van der Waals surface area (Å²) in [5, 5.41) is 8.59. The Morgan fingerprint density at radius 3 is 2.82 bits per heavy atom. The van der Waals surface area contributed by atoms with Crippen molar-refractivity contribution < 1.29 is 9.53 Å². The van der Waals surface area contributed by atoms with Crippen molar-refractivity contribution in [1.82, 2.24) is 10.6 Å². The fraction of sp³-hybridized carbons (Fsp3) is 0.353. The van der Waals surface area contributed by atoms with Crippen LogP contribution in [0, 0.1) is 0 Å². The second kappa shape index (κ2) is 7.58. The van der Waals surface area contributed by atoms with Gasteiger partial charge in [0, 0.05) is 13.1 Å². The molecule has 1 saturated heterocycles. The first-order valence-corrected chi connectivity index (χ1v) is 7.36. The summed E-state index contributed by atoms with van der Waals surface area (Å²) < 4.78 is 5.49. The number of amides is 1. The molecule has 2 unspecified atom stereocenters. The Morgan fingerprint density at radius 1 is 1.27 bits per heavy atom. The van der Waals surface area contributed by atoms with Gasteiger partial charge >= 0.3 is 0 Å². The maximum atomic E-state index is 12.2. The molecule has 0 saturated carbocycles. The summed E-state index contributed by atoms with van der Waals surface area (Å²) in [5.41, 5.74) is 1.13. The van der Waals surface area contributed by atoms with Crippen LogP contribution in [-0.4, -0.2) is 31.7 Å². The average Bonchev–Trinajstić information content (AvgIpc) is 2.55. The lowest BCUT2D eigenvalue weighted by Gasteiger charge is -2.25. The van der Waals surface area contributed by atoms with Gasteiger partial charge in [-0.15, -0.1) is 12.4 Å². The van der Waals surface area contributed by atoms with E-state index in [9.17, 15) is 4.79 Å². The third kappa shape index (κ3) is 3.58. The van der Waals surface area contributed by atoms with Gasteiger partial charge in [0.15, 0.2) is 0 Å². The third-order valence-electron chi connectivity index (χ3n) is 3.87. The number of ether oxygens (including phenoxy) is 1. The van der Waals surface area contributed by atoms with Crippen molar-refractivity contribution in [2.45, 2.75) is 19.1 Å². The van der Waals surface area contributed by atoms with E-state index in [0.29, 0.717) is 13.2 Å². The molecule has 1 aliphatic heterocycles. The topological polar surface area (TPSA) is 50.4 Å². The van der Waals surface area contributed by atoms with Crippen LogP contribution in [-0.2, 0) is 9.53 Å². The Balaban J connectivity index is 0.00000176. The first-order chi connectivity index (χ1) is 10.3. The predicted molar refractivity (Wildman–Crippen MR) is 90.4 cm³/mol. The largest absolute Gasteiger partial charge is 0.366 e. The quantitative estimate of drug-likeness (QED) is 0.913. The van der Waals surface area contributed by atoms with Gasteiger partial charge in [0.2, 0.25) is 0 Å². The maximum absolute atomic E-state index is 12.2. The predicted octanol–water partition coefficient (Wildman–Crippen LogP) is 2.43. The van der Waals surface area contributed by atoms with E-state index in [0.717, 1.165) is 12.1 Å². The lowest BCUT2D eigenvalue weighted by atomic mass is 9.99. The minimum atomic E-state index is -0.392. The van der Waals surface area contributed by atoms with Crippen LogP contribution < -0.4 is 10.6 Å². The zero-order valence-electron chi connectivity index (χ0n) is 12.5. The van der Waals surface area contributed by atoms with Crippen molar-refractivity contribution in [3.05, 3.63) is 48.0 Å². The molecule has 1 fully saturated rings. The summed E-state index contributed by atoms with van der Waals surface area (Å²) in [5.74, 6) is -0.0531. The molecule has 1 amide bonds. The molecule has 0 aromatic heterocycles. The number of nitrogens with one attached hydrogen (secondary N) is 2. The highest BCUT2D eigenvalue weighted by Gasteiger charge is 2.23. The van der Waals surface area contributed by atoms with Crippen molar-refractivity contribution >= 4 is 29.1 Å². The summed E-state index contributed by atoms with van der Waals surface area (Å²) in [6.07, 6.45) is -0.392. The SMILES string of the molecule is CC(NC(=O)C1CNCCO1)c1cccc2ccccc12.Cl. The van der Waals surface area contributed by atoms with Crippen LogP contribution in [0.25, 0.3) is 10.8 Å². The first kappa shape index (κ1) is 16.7. The number of rotatable bonds is 3. The number of carbonyl (C=O) groups is 1. The highest BCUT2D eigenvalue weighted by atomic mass is 35.5. The molecule has 3 rings (SSSR count). The van der Waals surface area contributed by atoms with Gasteiger partial charge < -0.3 is 15.4 Å². The summed E-state index contributed by atoms with van der Waals surface area (Å²) in [7, 11) is 0. The van der Waals surface area contributed by atoms with Gasteiger partial charge in [-0.1, -0.05) is 42.5 Å². The van der Waals surface area contributed by atoms with Crippen molar-refractivity contribution in [1.29, 1.82) is 0 Å². The molecule has 118 valence electrons. The van der Waals surface area contributed by atoms with Gasteiger partial charge in [-0.25, -0.2) is 0 Å². The number of fused-ring (bicyclic) bond motifs is 1. The Labute approximate surface area is 136 Å². The normalized spacial score (nSPS) is 19.2. The summed E-state index contributed by atoms with van der Waals surface area (Å²) in [4.78, 5) is 12.2. The second-order valence-electron chi connectivity index (χ2n) is 5.36. The van der Waals surface area contributed by atoms with Crippen molar-refractivity contribution in [2.75, 3.05) is 19.7 Å². The van der Waals surface area contributed by atoms with E-state index in [1.165, 1.54) is 10.8 Å². The number of benzene rings is 2. The Hall–Kier alpha value is -1.62. The molecule has 5 heteroatoms. The molecule has 2 aromatic rings. The lowest BCUT2D eigenvalue weighted by molar-refractivity contribution is -0.134. The molecule has 1 aliphatic rings. The number of halogens is 1. The molecule has 2 atom stereocenters. The molecule has 1 heterocycles. The monoisotopic (exact) mass is 320 g/mol. The van der Waals surface area contributed by atoms with Crippen LogP contribution in [0.15, 0.2) is 42.5 Å². The van der Waals surface area contributed by atoms with Crippen LogP contribution in [0.1, 0.15) is 18.5 Å². The molecule has 4 nitrogen and oxygen atoms in total. The van der Waals surface area contributed by atoms with Gasteiger partial charge in [0.25, 0.3) is 5.91 Å². The minimum Gasteiger partial charge on any atom is -0.366 e. The summed E-state index contributed by atoms with van der Waals surface area (Å²) >= 11 is 0. The Morgan fingerprint density at radius 2 is 2.05 bits per heavy atom. The number of hydrogen-bond acceptors (Lipinski definition) is 3. The highest BCUT2D eigenvalue weighted by Crippen LogP contribution is 2.24. The molecular formula is C17H21ClN2O2. The lowest BCUT2D eigenvalue weighted by Crippen LogP contribution is -2.48. The fourth-order valence-corrected chi connectivity index (χ4v) is 2.75. The standard InChI is InChI=1S/C17H20N2O2.ClH/c1-12(19-17(20)16-11-18-9-10-21-16)14-8-4-6-13-5-2-3-7-15(13)14;/h2-8,12,16,18H,9-11H2,1H3,(H,19,20);1H. The van der Waals surface area contributed by atoms with E-state index in [1.54, 1.807) is 0 Å². The maximum Gasteiger partial charge on any atom is 0.250 e. The Bertz CT molecular complexity index is 636. The molecule has 0 aliphatic carbocycles. The van der Waals surface area contributed by atoms with Gasteiger partial charge in [0.1, 0.15) is 6.10 Å². The van der Waals surface area contributed by atoms with Crippen molar-refractivity contribution in [3.8, 4) is 0 Å². The molecule has 0 radical (unpaired) electrons.